The van der Waals surface area contributed by atoms with Crippen molar-refractivity contribution in [3.63, 3.8) is 0 Å². The molecule has 0 nitrogen and oxygen atoms in total. The average molecular weight is 301 g/mol. The standard InChI is InChI=1S/C7H9.C7H5.2ClH.Ti/c2*1-2-7-5-3-4-6-7;;;/h3-6H,2H2,1H3;2H2,1H3;2*1H;/q-1;-5;;;+2/p-2. The molecule has 0 aromatic heterocycles. The molecule has 0 N–H and O–H groups in total. The second-order valence-electron chi connectivity index (χ2n) is 3.05. The van der Waals surface area contributed by atoms with Gasteiger partial charge in [0.25, 0.3) is 0 Å². The van der Waals surface area contributed by atoms with Crippen LogP contribution in [0.4, 0.5) is 0 Å². The fraction of sp³-hybridized carbons (Fsp3) is 0.286. The SMILES string of the molecule is CC[c-]1[c-][c-][c-][c-]1.CC[c-]1cccc1.[Cl][Ti][Cl]. The molecule has 0 amide bonds. The van der Waals surface area contributed by atoms with Gasteiger partial charge < -0.3 is 29.8 Å². The van der Waals surface area contributed by atoms with E-state index in [2.05, 4.69) is 62.4 Å². The van der Waals surface area contributed by atoms with E-state index < -0.39 is 17.0 Å². The van der Waals surface area contributed by atoms with E-state index in [0.717, 1.165) is 18.4 Å². The van der Waals surface area contributed by atoms with Gasteiger partial charge in [-0.2, -0.15) is 17.7 Å². The van der Waals surface area contributed by atoms with Crippen molar-refractivity contribution in [2.24, 2.45) is 0 Å². The summed E-state index contributed by atoms with van der Waals surface area (Å²) in [5.41, 5.74) is 2.50. The first kappa shape index (κ1) is 17.0. The van der Waals surface area contributed by atoms with Crippen molar-refractivity contribution in [2.45, 2.75) is 26.7 Å². The van der Waals surface area contributed by atoms with Gasteiger partial charge in [0.2, 0.25) is 0 Å². The van der Waals surface area contributed by atoms with Crippen molar-refractivity contribution in [1.29, 1.82) is 0 Å². The summed E-state index contributed by atoms with van der Waals surface area (Å²) in [6.07, 6.45) is 2.15. The molecule has 0 fully saturated rings. The van der Waals surface area contributed by atoms with Crippen LogP contribution in [0.25, 0.3) is 0 Å². The summed E-state index contributed by atoms with van der Waals surface area (Å²) in [5, 5.41) is 0. The van der Waals surface area contributed by atoms with Gasteiger partial charge in [0, 0.05) is 0 Å². The minimum absolute atomic E-state index is 0.556. The number of hydrogen-bond acceptors (Lipinski definition) is 0. The summed E-state index contributed by atoms with van der Waals surface area (Å²) in [6, 6.07) is 19.5. The van der Waals surface area contributed by atoms with E-state index in [1.165, 1.54) is 5.56 Å². The van der Waals surface area contributed by atoms with Crippen molar-refractivity contribution >= 4 is 18.6 Å². The summed E-state index contributed by atoms with van der Waals surface area (Å²) < 4.78 is 0. The van der Waals surface area contributed by atoms with Crippen LogP contribution in [0.2, 0.25) is 0 Å². The van der Waals surface area contributed by atoms with E-state index in [4.69, 9.17) is 18.6 Å². The second kappa shape index (κ2) is 12.5. The van der Waals surface area contributed by atoms with Crippen LogP contribution in [0.1, 0.15) is 25.0 Å². The Labute approximate surface area is 121 Å². The molecule has 2 aromatic rings. The summed E-state index contributed by atoms with van der Waals surface area (Å²) in [6.45, 7) is 4.22. The molecule has 0 aliphatic rings. The summed E-state index contributed by atoms with van der Waals surface area (Å²) in [7, 11) is 9.78. The minimum atomic E-state index is -0.556. The van der Waals surface area contributed by atoms with E-state index in [9.17, 15) is 0 Å². The molecule has 94 valence electrons. The van der Waals surface area contributed by atoms with Crippen molar-refractivity contribution in [3.8, 4) is 0 Å². The van der Waals surface area contributed by atoms with Crippen LogP contribution in [0.5, 0.6) is 0 Å². The first-order chi connectivity index (χ1) is 8.28. The second-order valence-corrected chi connectivity index (χ2v) is 5.63. The van der Waals surface area contributed by atoms with Gasteiger partial charge in [-0.05, 0) is 0 Å². The molecule has 2 aromatic carbocycles. The average Bonchev–Trinajstić information content (AvgIpc) is 3.04. The zero-order chi connectivity index (χ0) is 12.9. The van der Waals surface area contributed by atoms with E-state index in [0.29, 0.717) is 0 Å². The normalized spacial score (nSPS) is 8.47. The number of hydrogen-bond donors (Lipinski definition) is 0. The third-order valence-electron chi connectivity index (χ3n) is 1.98. The van der Waals surface area contributed by atoms with E-state index >= 15 is 0 Å². The van der Waals surface area contributed by atoms with Crippen LogP contribution >= 0.6 is 18.6 Å². The Hall–Kier alpha value is -0.00571. The van der Waals surface area contributed by atoms with Gasteiger partial charge in [-0.25, -0.2) is 18.6 Å². The predicted octanol–water partition coefficient (Wildman–Crippen LogP) is 4.51. The number of rotatable bonds is 2. The molecular formula is C14H14Cl2Ti-6. The van der Waals surface area contributed by atoms with Gasteiger partial charge in [-0.3, -0.25) is 0 Å². The molecule has 0 aliphatic heterocycles. The molecule has 0 atom stereocenters. The third-order valence-corrected chi connectivity index (χ3v) is 1.98. The molecule has 0 saturated heterocycles. The summed E-state index contributed by atoms with van der Waals surface area (Å²) >= 11 is -0.556. The first-order valence-electron chi connectivity index (χ1n) is 5.33. The molecule has 0 radical (unpaired) electrons. The van der Waals surface area contributed by atoms with Gasteiger partial charge in [-0.15, -0.1) is 0 Å². The molecule has 3 heteroatoms. The van der Waals surface area contributed by atoms with Gasteiger partial charge in [0.15, 0.2) is 0 Å². The fourth-order valence-corrected chi connectivity index (χ4v) is 1.07. The van der Waals surface area contributed by atoms with E-state index in [1.54, 1.807) is 0 Å². The summed E-state index contributed by atoms with van der Waals surface area (Å²) in [4.78, 5) is 0. The van der Waals surface area contributed by atoms with Crippen molar-refractivity contribution in [1.82, 2.24) is 0 Å². The van der Waals surface area contributed by atoms with E-state index in [1.807, 2.05) is 0 Å². The zero-order valence-corrected chi connectivity index (χ0v) is 13.1. The van der Waals surface area contributed by atoms with Gasteiger partial charge in [-0.1, -0.05) is 20.3 Å². The molecular weight excluding hydrogens is 287 g/mol. The maximum absolute atomic E-state index is 4.89. The predicted molar refractivity (Wildman–Crippen MR) is 69.9 cm³/mol. The monoisotopic (exact) mass is 300 g/mol. The van der Waals surface area contributed by atoms with Crippen molar-refractivity contribution < 1.29 is 17.0 Å². The molecule has 0 saturated carbocycles. The Morgan fingerprint density at radius 3 is 1.71 bits per heavy atom. The quantitative estimate of drug-likeness (QED) is 0.565. The third kappa shape index (κ3) is 9.67. The van der Waals surface area contributed by atoms with Gasteiger partial charge in [0.05, 0.1) is 0 Å². The van der Waals surface area contributed by atoms with Crippen LogP contribution in [0.3, 0.4) is 0 Å². The first-order valence-corrected chi connectivity index (χ1v) is 9.62. The number of aryl methyl sites for hydroxylation is 2. The van der Waals surface area contributed by atoms with Crippen LogP contribution in [0.15, 0.2) is 24.3 Å². The molecule has 0 spiro atoms. The number of halogens is 2. The van der Waals surface area contributed by atoms with Crippen molar-refractivity contribution in [3.05, 3.63) is 59.7 Å². The van der Waals surface area contributed by atoms with Crippen LogP contribution in [-0.2, 0) is 29.9 Å². The fourth-order valence-electron chi connectivity index (χ4n) is 1.07. The van der Waals surface area contributed by atoms with Crippen molar-refractivity contribution in [2.75, 3.05) is 0 Å². The molecule has 0 aliphatic carbocycles. The Bertz CT molecular complexity index is 291. The molecule has 17 heavy (non-hydrogen) atoms. The maximum atomic E-state index is 4.89. The summed E-state index contributed by atoms with van der Waals surface area (Å²) in [5.74, 6) is 0. The zero-order valence-electron chi connectivity index (χ0n) is 9.98. The molecule has 2 rings (SSSR count). The van der Waals surface area contributed by atoms with Crippen LogP contribution in [-0.4, -0.2) is 0 Å². The Morgan fingerprint density at radius 1 is 1.00 bits per heavy atom. The Balaban J connectivity index is 0.000000247. The molecule has 0 bridgehead atoms. The Kier molecular flexibility index (Phi) is 12.4. The molecule has 0 heterocycles. The van der Waals surface area contributed by atoms with Gasteiger partial charge in [0.1, 0.15) is 0 Å². The van der Waals surface area contributed by atoms with Crippen LogP contribution < -0.4 is 0 Å². The van der Waals surface area contributed by atoms with Crippen LogP contribution in [0, 0.1) is 24.3 Å². The topological polar surface area (TPSA) is 0 Å². The molecule has 0 unspecified atom stereocenters. The van der Waals surface area contributed by atoms with E-state index in [-0.39, 0.29) is 0 Å². The Morgan fingerprint density at radius 2 is 1.47 bits per heavy atom. The van der Waals surface area contributed by atoms with Gasteiger partial charge >= 0.3 is 35.6 Å².